The first-order chi connectivity index (χ1) is 18.1. The topological polar surface area (TPSA) is 101 Å². The summed E-state index contributed by atoms with van der Waals surface area (Å²) in [4.78, 5) is 28.6. The number of likely N-dealkylation sites (N-methyl/N-ethyl adjacent to an activating group) is 1. The SMILES string of the molecule is CC1CC(C)C(CNC(=O)C2CC(C3CCCC(CNCCN(C)C)C3)NC3C2CNN3C(C)C)C(=O)N1. The molecule has 9 heteroatoms. The lowest BCUT2D eigenvalue weighted by molar-refractivity contribution is -0.132. The van der Waals surface area contributed by atoms with Gasteiger partial charge in [-0.1, -0.05) is 13.3 Å². The molecule has 9 atom stereocenters. The lowest BCUT2D eigenvalue weighted by Crippen LogP contribution is -2.62. The van der Waals surface area contributed by atoms with E-state index in [1.807, 2.05) is 0 Å². The molecule has 0 aromatic carbocycles. The molecule has 5 N–H and O–H groups in total. The number of nitrogens with zero attached hydrogens (tertiary/aromatic N) is 2. The second-order valence-electron chi connectivity index (χ2n) is 13.4. The number of piperidine rings is 2. The first-order valence-corrected chi connectivity index (χ1v) is 15.3. The van der Waals surface area contributed by atoms with Gasteiger partial charge in [0.1, 0.15) is 0 Å². The van der Waals surface area contributed by atoms with E-state index in [9.17, 15) is 9.59 Å². The van der Waals surface area contributed by atoms with Gasteiger partial charge < -0.3 is 20.9 Å². The van der Waals surface area contributed by atoms with Gasteiger partial charge in [-0.25, -0.2) is 5.01 Å². The van der Waals surface area contributed by atoms with Gasteiger partial charge in [-0.3, -0.25) is 20.3 Å². The molecule has 2 amide bonds. The summed E-state index contributed by atoms with van der Waals surface area (Å²) in [7, 11) is 4.24. The van der Waals surface area contributed by atoms with Crippen molar-refractivity contribution in [3.05, 3.63) is 0 Å². The van der Waals surface area contributed by atoms with Crippen molar-refractivity contribution in [1.82, 2.24) is 36.6 Å². The maximum absolute atomic E-state index is 13.7. The fourth-order valence-corrected chi connectivity index (χ4v) is 7.58. The number of hydrazine groups is 1. The highest BCUT2D eigenvalue weighted by Gasteiger charge is 2.49. The number of amides is 2. The summed E-state index contributed by atoms with van der Waals surface area (Å²) in [6, 6.07) is 0.911. The minimum Gasteiger partial charge on any atom is -0.355 e. The van der Waals surface area contributed by atoms with Crippen LogP contribution < -0.4 is 26.7 Å². The number of fused-ring (bicyclic) bond motifs is 1. The highest BCUT2D eigenvalue weighted by Crippen LogP contribution is 2.39. The molecule has 1 saturated carbocycles. The van der Waals surface area contributed by atoms with Crippen LogP contribution in [-0.4, -0.2) is 92.8 Å². The first-order valence-electron chi connectivity index (χ1n) is 15.3. The van der Waals surface area contributed by atoms with Crippen molar-refractivity contribution < 1.29 is 9.59 Å². The molecule has 4 fully saturated rings. The molecule has 1 aliphatic carbocycles. The Labute approximate surface area is 230 Å². The van der Waals surface area contributed by atoms with E-state index in [0.717, 1.165) is 39.0 Å². The van der Waals surface area contributed by atoms with Crippen molar-refractivity contribution in [2.75, 3.05) is 46.8 Å². The zero-order chi connectivity index (χ0) is 27.4. The number of hydrogen-bond donors (Lipinski definition) is 5. The Morgan fingerprint density at radius 1 is 1.13 bits per heavy atom. The maximum Gasteiger partial charge on any atom is 0.225 e. The van der Waals surface area contributed by atoms with Gasteiger partial charge in [0.15, 0.2) is 0 Å². The standard InChI is InChI=1S/C29H55N7O2/c1-18(2)36-27-25(17-32-36)23(28(37)31-16-24-19(3)12-20(4)33-29(24)38)14-26(34-27)22-9-7-8-21(13-22)15-30-10-11-35(5)6/h18-27,30,32,34H,7-17H2,1-6H3,(H,31,37)(H,33,38). The summed E-state index contributed by atoms with van der Waals surface area (Å²) in [6.07, 6.45) is 7.06. The zero-order valence-corrected chi connectivity index (χ0v) is 24.8. The molecule has 0 bridgehead atoms. The quantitative estimate of drug-likeness (QED) is 0.271. The molecular formula is C29H55N7O2. The Morgan fingerprint density at radius 2 is 1.92 bits per heavy atom. The predicted molar refractivity (Wildman–Crippen MR) is 152 cm³/mol. The van der Waals surface area contributed by atoms with Crippen molar-refractivity contribution in [1.29, 1.82) is 0 Å². The molecular weight excluding hydrogens is 478 g/mol. The summed E-state index contributed by atoms with van der Waals surface area (Å²) in [5, 5.41) is 16.3. The van der Waals surface area contributed by atoms with E-state index in [1.54, 1.807) is 0 Å². The van der Waals surface area contributed by atoms with Crippen molar-refractivity contribution in [2.45, 2.75) is 90.5 Å². The molecule has 0 radical (unpaired) electrons. The van der Waals surface area contributed by atoms with E-state index < -0.39 is 0 Å². The van der Waals surface area contributed by atoms with Gasteiger partial charge in [-0.05, 0) is 91.3 Å². The monoisotopic (exact) mass is 533 g/mol. The van der Waals surface area contributed by atoms with Crippen molar-refractivity contribution in [2.24, 2.45) is 35.5 Å². The number of rotatable bonds is 10. The second kappa shape index (κ2) is 13.4. The summed E-state index contributed by atoms with van der Waals surface area (Å²) in [5.41, 5.74) is 3.60. The predicted octanol–water partition coefficient (Wildman–Crippen LogP) is 1.37. The molecule has 9 unspecified atom stereocenters. The normalized spacial score (nSPS) is 38.3. The van der Waals surface area contributed by atoms with Crippen LogP contribution in [0.25, 0.3) is 0 Å². The van der Waals surface area contributed by atoms with Gasteiger partial charge in [0.25, 0.3) is 0 Å². The van der Waals surface area contributed by atoms with E-state index >= 15 is 0 Å². The third-order valence-corrected chi connectivity index (χ3v) is 9.71. The van der Waals surface area contributed by atoms with Crippen LogP contribution in [0.1, 0.15) is 66.2 Å². The molecule has 0 aromatic heterocycles. The van der Waals surface area contributed by atoms with Crippen LogP contribution in [0.4, 0.5) is 0 Å². The van der Waals surface area contributed by atoms with Gasteiger partial charge in [0, 0.05) is 56.1 Å². The molecule has 0 aromatic rings. The molecule has 0 spiro atoms. The summed E-state index contributed by atoms with van der Waals surface area (Å²) in [6.45, 7) is 13.1. The molecule has 9 nitrogen and oxygen atoms in total. The van der Waals surface area contributed by atoms with Gasteiger partial charge in [-0.2, -0.15) is 0 Å². The van der Waals surface area contributed by atoms with Crippen molar-refractivity contribution in [3.8, 4) is 0 Å². The molecule has 218 valence electrons. The summed E-state index contributed by atoms with van der Waals surface area (Å²) in [5.74, 6) is 1.86. The van der Waals surface area contributed by atoms with Crippen LogP contribution in [0.3, 0.4) is 0 Å². The largest absolute Gasteiger partial charge is 0.355 e. The third kappa shape index (κ3) is 7.27. The second-order valence-corrected chi connectivity index (χ2v) is 13.4. The average molecular weight is 534 g/mol. The maximum atomic E-state index is 13.7. The molecule has 3 heterocycles. The molecule has 3 aliphatic heterocycles. The number of hydrogen-bond acceptors (Lipinski definition) is 7. The van der Waals surface area contributed by atoms with E-state index in [2.05, 4.69) is 78.4 Å². The van der Waals surface area contributed by atoms with Crippen molar-refractivity contribution >= 4 is 11.8 Å². The van der Waals surface area contributed by atoms with Crippen LogP contribution in [0.15, 0.2) is 0 Å². The third-order valence-electron chi connectivity index (χ3n) is 9.71. The average Bonchev–Trinajstić information content (AvgIpc) is 3.30. The van der Waals surface area contributed by atoms with Crippen LogP contribution in [0.2, 0.25) is 0 Å². The lowest BCUT2D eigenvalue weighted by atomic mass is 9.71. The number of carbonyl (C=O) groups excluding carboxylic acids is 2. The first kappa shape index (κ1) is 29.7. The van der Waals surface area contributed by atoms with Gasteiger partial charge >= 0.3 is 0 Å². The molecule has 4 rings (SSSR count). The Bertz CT molecular complexity index is 793. The van der Waals surface area contributed by atoms with E-state index in [4.69, 9.17) is 0 Å². The smallest absolute Gasteiger partial charge is 0.225 e. The molecule has 38 heavy (non-hydrogen) atoms. The van der Waals surface area contributed by atoms with Crippen molar-refractivity contribution in [3.63, 3.8) is 0 Å². The van der Waals surface area contributed by atoms with Crippen LogP contribution in [-0.2, 0) is 9.59 Å². The highest BCUT2D eigenvalue weighted by atomic mass is 16.2. The van der Waals surface area contributed by atoms with E-state index in [1.165, 1.54) is 25.7 Å². The number of nitrogens with one attached hydrogen (secondary N) is 5. The Balaban J connectivity index is 1.39. The van der Waals surface area contributed by atoms with E-state index in [0.29, 0.717) is 30.5 Å². The molecule has 3 saturated heterocycles. The minimum absolute atomic E-state index is 0.0398. The molecule has 4 aliphatic rings. The summed E-state index contributed by atoms with van der Waals surface area (Å²) >= 11 is 0. The van der Waals surface area contributed by atoms with Crippen LogP contribution in [0.5, 0.6) is 0 Å². The van der Waals surface area contributed by atoms with E-state index in [-0.39, 0.29) is 47.7 Å². The zero-order valence-electron chi connectivity index (χ0n) is 24.8. The van der Waals surface area contributed by atoms with Gasteiger partial charge in [0.2, 0.25) is 11.8 Å². The Morgan fingerprint density at radius 3 is 2.63 bits per heavy atom. The number of carbonyl (C=O) groups is 2. The van der Waals surface area contributed by atoms with Gasteiger partial charge in [0.05, 0.1) is 12.1 Å². The minimum atomic E-state index is -0.142. The fraction of sp³-hybridized carbons (Fsp3) is 0.931. The van der Waals surface area contributed by atoms with Crippen LogP contribution in [0, 0.1) is 35.5 Å². The fourth-order valence-electron chi connectivity index (χ4n) is 7.58. The highest BCUT2D eigenvalue weighted by molar-refractivity contribution is 5.83. The van der Waals surface area contributed by atoms with Gasteiger partial charge in [-0.15, -0.1) is 0 Å². The van der Waals surface area contributed by atoms with Crippen LogP contribution >= 0.6 is 0 Å². The lowest BCUT2D eigenvalue weighted by Gasteiger charge is -2.46. The Kier molecular flexibility index (Phi) is 10.5. The summed E-state index contributed by atoms with van der Waals surface area (Å²) < 4.78 is 0. The Hall–Kier alpha value is -1.26.